The molecule has 25 heavy (non-hydrogen) atoms. The van der Waals surface area contributed by atoms with E-state index in [2.05, 4.69) is 22.1 Å². The largest absolute Gasteiger partial charge is 0.357 e. The summed E-state index contributed by atoms with van der Waals surface area (Å²) in [7, 11) is 0. The van der Waals surface area contributed by atoms with E-state index in [4.69, 9.17) is 0 Å². The lowest BCUT2D eigenvalue weighted by molar-refractivity contribution is 0.0690. The molecular formula is C18H30Cl2N4O. The highest BCUT2D eigenvalue weighted by Crippen LogP contribution is 2.20. The zero-order valence-electron chi connectivity index (χ0n) is 14.9. The summed E-state index contributed by atoms with van der Waals surface area (Å²) in [6, 6.07) is 3.93. The van der Waals surface area contributed by atoms with Crippen molar-refractivity contribution < 1.29 is 4.79 Å². The number of piperidine rings is 1. The number of rotatable bonds is 5. The number of likely N-dealkylation sites (tertiary alicyclic amines) is 1. The lowest BCUT2D eigenvalue weighted by Gasteiger charge is -2.32. The molecule has 0 bridgehead atoms. The van der Waals surface area contributed by atoms with Crippen LogP contribution in [0, 0.1) is 5.92 Å². The molecule has 142 valence electrons. The van der Waals surface area contributed by atoms with Gasteiger partial charge in [-0.15, -0.1) is 24.8 Å². The number of anilines is 1. The van der Waals surface area contributed by atoms with Crippen LogP contribution in [0.3, 0.4) is 0 Å². The molecule has 2 aliphatic heterocycles. The van der Waals surface area contributed by atoms with E-state index in [0.717, 1.165) is 63.5 Å². The first-order valence-electron chi connectivity index (χ1n) is 8.99. The Morgan fingerprint density at radius 1 is 1.16 bits per heavy atom. The minimum Gasteiger partial charge on any atom is -0.357 e. The third kappa shape index (κ3) is 5.73. The molecule has 7 heteroatoms. The van der Waals surface area contributed by atoms with Crippen LogP contribution >= 0.6 is 24.8 Å². The zero-order chi connectivity index (χ0) is 16.1. The van der Waals surface area contributed by atoms with Crippen LogP contribution in [-0.2, 0) is 0 Å². The summed E-state index contributed by atoms with van der Waals surface area (Å²) in [4.78, 5) is 21.4. The molecule has 3 heterocycles. The molecule has 1 aromatic heterocycles. The van der Waals surface area contributed by atoms with Crippen molar-refractivity contribution in [3.8, 4) is 0 Å². The number of pyridine rings is 1. The summed E-state index contributed by atoms with van der Waals surface area (Å²) in [5, 5.41) is 3.41. The number of aromatic nitrogens is 1. The lowest BCUT2D eigenvalue weighted by atomic mass is 9.96. The first-order valence-corrected chi connectivity index (χ1v) is 8.99. The van der Waals surface area contributed by atoms with Gasteiger partial charge in [0, 0.05) is 32.4 Å². The Kier molecular flexibility index (Phi) is 9.54. The summed E-state index contributed by atoms with van der Waals surface area (Å²) < 4.78 is 0. The molecule has 0 saturated carbocycles. The number of hydrogen-bond donors (Lipinski definition) is 1. The second-order valence-electron chi connectivity index (χ2n) is 6.64. The van der Waals surface area contributed by atoms with Crippen LogP contribution in [-0.4, -0.2) is 55.1 Å². The van der Waals surface area contributed by atoms with Crippen LogP contribution in [0.5, 0.6) is 0 Å². The molecule has 1 amide bonds. The third-order valence-electron chi connectivity index (χ3n) is 5.01. The Bertz CT molecular complexity index is 512. The first kappa shape index (κ1) is 22.0. The van der Waals surface area contributed by atoms with Crippen molar-refractivity contribution in [1.82, 2.24) is 15.2 Å². The molecule has 0 atom stereocenters. The average Bonchev–Trinajstić information content (AvgIpc) is 3.14. The fourth-order valence-corrected chi connectivity index (χ4v) is 3.52. The van der Waals surface area contributed by atoms with Gasteiger partial charge in [-0.25, -0.2) is 4.98 Å². The number of carbonyl (C=O) groups excluding carboxylic acids is 1. The van der Waals surface area contributed by atoms with Crippen LogP contribution in [0.1, 0.15) is 43.0 Å². The third-order valence-corrected chi connectivity index (χ3v) is 5.01. The maximum atomic E-state index is 12.6. The Balaban J connectivity index is 0.00000156. The fourth-order valence-electron chi connectivity index (χ4n) is 3.52. The molecule has 2 fully saturated rings. The molecular weight excluding hydrogens is 359 g/mol. The monoisotopic (exact) mass is 388 g/mol. The van der Waals surface area contributed by atoms with Crippen molar-refractivity contribution >= 4 is 36.5 Å². The Labute approximate surface area is 163 Å². The van der Waals surface area contributed by atoms with Gasteiger partial charge in [0.25, 0.3) is 5.91 Å². The molecule has 5 nitrogen and oxygen atoms in total. The van der Waals surface area contributed by atoms with E-state index in [0.29, 0.717) is 5.92 Å². The van der Waals surface area contributed by atoms with E-state index in [1.165, 1.54) is 12.8 Å². The molecule has 1 aromatic rings. The van der Waals surface area contributed by atoms with Crippen LogP contribution < -0.4 is 10.2 Å². The van der Waals surface area contributed by atoms with Crippen LogP contribution in [0.4, 0.5) is 5.82 Å². The number of carbonyl (C=O) groups is 1. The first-order chi connectivity index (χ1) is 11.3. The van der Waals surface area contributed by atoms with Gasteiger partial charge in [-0.1, -0.05) is 6.92 Å². The average molecular weight is 389 g/mol. The standard InChI is InChI=1S/C18H28N4O.2ClH/c1-2-19-13-15-7-11-22(12-8-15)18(23)16-5-6-17(20-14-16)21-9-3-4-10-21;;/h5-6,14-15,19H,2-4,7-13H2,1H3;2*1H. The van der Waals surface area contributed by atoms with Gasteiger partial charge in [0.05, 0.1) is 5.56 Å². The summed E-state index contributed by atoms with van der Waals surface area (Å²) in [5.41, 5.74) is 0.720. The van der Waals surface area contributed by atoms with E-state index in [1.807, 2.05) is 17.0 Å². The quantitative estimate of drug-likeness (QED) is 0.841. The van der Waals surface area contributed by atoms with Crippen LogP contribution in [0.25, 0.3) is 0 Å². The normalized spacial score (nSPS) is 17.8. The highest BCUT2D eigenvalue weighted by molar-refractivity contribution is 5.94. The van der Waals surface area contributed by atoms with Crippen molar-refractivity contribution in [2.75, 3.05) is 44.2 Å². The molecule has 0 spiro atoms. The van der Waals surface area contributed by atoms with Gasteiger partial charge in [0.1, 0.15) is 5.82 Å². The van der Waals surface area contributed by atoms with Gasteiger partial charge < -0.3 is 15.1 Å². The van der Waals surface area contributed by atoms with Gasteiger partial charge in [-0.05, 0) is 56.8 Å². The fraction of sp³-hybridized carbons (Fsp3) is 0.667. The predicted molar refractivity (Wildman–Crippen MR) is 107 cm³/mol. The van der Waals surface area contributed by atoms with Gasteiger partial charge in [0.15, 0.2) is 0 Å². The molecule has 0 radical (unpaired) electrons. The topological polar surface area (TPSA) is 48.5 Å². The van der Waals surface area contributed by atoms with E-state index in [1.54, 1.807) is 6.20 Å². The lowest BCUT2D eigenvalue weighted by Crippen LogP contribution is -2.40. The molecule has 2 saturated heterocycles. The van der Waals surface area contributed by atoms with Gasteiger partial charge in [0.2, 0.25) is 0 Å². The van der Waals surface area contributed by atoms with Crippen molar-refractivity contribution in [2.24, 2.45) is 5.92 Å². The minimum absolute atomic E-state index is 0. The summed E-state index contributed by atoms with van der Waals surface area (Å²) in [6.45, 7) is 8.13. The number of amides is 1. The van der Waals surface area contributed by atoms with Crippen molar-refractivity contribution in [1.29, 1.82) is 0 Å². The second kappa shape index (κ2) is 10.8. The van der Waals surface area contributed by atoms with Crippen molar-refractivity contribution in [2.45, 2.75) is 32.6 Å². The van der Waals surface area contributed by atoms with E-state index in [9.17, 15) is 4.79 Å². The number of halogens is 2. The Morgan fingerprint density at radius 3 is 2.40 bits per heavy atom. The molecule has 1 N–H and O–H groups in total. The highest BCUT2D eigenvalue weighted by atomic mass is 35.5. The highest BCUT2D eigenvalue weighted by Gasteiger charge is 2.23. The summed E-state index contributed by atoms with van der Waals surface area (Å²) in [5.74, 6) is 1.84. The van der Waals surface area contributed by atoms with E-state index >= 15 is 0 Å². The maximum Gasteiger partial charge on any atom is 0.255 e. The summed E-state index contributed by atoms with van der Waals surface area (Å²) >= 11 is 0. The number of hydrogen-bond acceptors (Lipinski definition) is 4. The van der Waals surface area contributed by atoms with Gasteiger partial charge in [-0.2, -0.15) is 0 Å². The number of nitrogens with one attached hydrogen (secondary N) is 1. The molecule has 0 aliphatic carbocycles. The Hall–Kier alpha value is -1.04. The van der Waals surface area contributed by atoms with E-state index in [-0.39, 0.29) is 30.7 Å². The molecule has 2 aliphatic rings. The number of nitrogens with zero attached hydrogens (tertiary/aromatic N) is 3. The van der Waals surface area contributed by atoms with Crippen LogP contribution in [0.2, 0.25) is 0 Å². The Morgan fingerprint density at radius 2 is 1.84 bits per heavy atom. The predicted octanol–water partition coefficient (Wildman–Crippen LogP) is 2.99. The van der Waals surface area contributed by atoms with Crippen LogP contribution in [0.15, 0.2) is 18.3 Å². The molecule has 3 rings (SSSR count). The zero-order valence-corrected chi connectivity index (χ0v) is 16.6. The minimum atomic E-state index is 0. The SMILES string of the molecule is CCNCC1CCN(C(=O)c2ccc(N3CCCC3)nc2)CC1.Cl.Cl. The van der Waals surface area contributed by atoms with Crippen molar-refractivity contribution in [3.05, 3.63) is 23.9 Å². The van der Waals surface area contributed by atoms with Gasteiger partial charge in [-0.3, -0.25) is 4.79 Å². The summed E-state index contributed by atoms with van der Waals surface area (Å²) in [6.07, 6.45) is 6.42. The molecule has 0 aromatic carbocycles. The van der Waals surface area contributed by atoms with Gasteiger partial charge >= 0.3 is 0 Å². The maximum absolute atomic E-state index is 12.6. The van der Waals surface area contributed by atoms with Crippen molar-refractivity contribution in [3.63, 3.8) is 0 Å². The molecule has 0 unspecified atom stereocenters. The second-order valence-corrected chi connectivity index (χ2v) is 6.64. The smallest absolute Gasteiger partial charge is 0.255 e. The van der Waals surface area contributed by atoms with E-state index < -0.39 is 0 Å².